The van der Waals surface area contributed by atoms with Crippen LogP contribution >= 0.6 is 90.4 Å². The minimum absolute atomic E-state index is 0.143. The summed E-state index contributed by atoms with van der Waals surface area (Å²) in [5.74, 6) is 0.755. The molecule has 0 saturated heterocycles. The molecular weight excluding hydrogens is 738 g/mol. The Morgan fingerprint density at radius 1 is 0.909 bits per heavy atom. The first-order valence-electron chi connectivity index (χ1n) is 5.86. The van der Waals surface area contributed by atoms with E-state index in [1.165, 1.54) is 0 Å². The number of fused-ring (bicyclic) bond motifs is 2. The molecule has 0 spiro atoms. The largest absolute Gasteiger partial charge is 0.506 e. The number of nitrogens with zero attached hydrogens (tertiary/aromatic N) is 1. The van der Waals surface area contributed by atoms with E-state index in [4.69, 9.17) is 4.74 Å². The average molecular weight is 743 g/mol. The van der Waals surface area contributed by atoms with Crippen molar-refractivity contribution in [2.45, 2.75) is 5.92 Å². The maximum absolute atomic E-state index is 10.1. The number of phenols is 2. The third-order valence-corrected chi connectivity index (χ3v) is 6.96. The molecule has 2 aromatic carbocycles. The maximum Gasteiger partial charge on any atom is 0.149 e. The second-order valence-electron chi connectivity index (χ2n) is 4.54. The van der Waals surface area contributed by atoms with Gasteiger partial charge in [0.2, 0.25) is 0 Å². The molecule has 0 fully saturated rings. The van der Waals surface area contributed by atoms with E-state index < -0.39 is 5.92 Å². The van der Waals surface area contributed by atoms with Gasteiger partial charge < -0.3 is 14.9 Å². The molecule has 1 heterocycles. The fourth-order valence-electron chi connectivity index (χ4n) is 2.26. The van der Waals surface area contributed by atoms with Crippen molar-refractivity contribution >= 4 is 90.4 Å². The first-order chi connectivity index (χ1) is 10.4. The topological polar surface area (TPSA) is 73.5 Å². The zero-order valence-corrected chi connectivity index (χ0v) is 19.1. The highest BCUT2D eigenvalue weighted by Gasteiger charge is 2.33. The average Bonchev–Trinajstić information content (AvgIpc) is 2.49. The number of phenolic OH excluding ortho intramolecular Hbond substituents is 2. The highest BCUT2D eigenvalue weighted by atomic mass is 127. The molecule has 4 nitrogen and oxygen atoms in total. The van der Waals surface area contributed by atoms with E-state index in [-0.39, 0.29) is 11.5 Å². The second-order valence-corrected chi connectivity index (χ2v) is 9.02. The van der Waals surface area contributed by atoms with E-state index in [0.717, 1.165) is 11.1 Å². The van der Waals surface area contributed by atoms with Crippen LogP contribution < -0.4 is 4.74 Å². The van der Waals surface area contributed by atoms with Gasteiger partial charge in [-0.05, 0) is 102 Å². The van der Waals surface area contributed by atoms with Crippen LogP contribution in [0.25, 0.3) is 0 Å². The maximum atomic E-state index is 10.1. The molecule has 112 valence electrons. The molecule has 3 rings (SSSR count). The number of hydrogen-bond acceptors (Lipinski definition) is 4. The third-order valence-electron chi connectivity index (χ3n) is 3.31. The third kappa shape index (κ3) is 2.55. The van der Waals surface area contributed by atoms with Crippen molar-refractivity contribution in [1.29, 1.82) is 5.26 Å². The number of nitriles is 1. The minimum atomic E-state index is -0.496. The lowest BCUT2D eigenvalue weighted by atomic mass is 9.89. The first-order valence-corrected chi connectivity index (χ1v) is 10.2. The van der Waals surface area contributed by atoms with Crippen molar-refractivity contribution in [1.82, 2.24) is 0 Å². The van der Waals surface area contributed by atoms with Crippen molar-refractivity contribution < 1.29 is 14.9 Å². The van der Waals surface area contributed by atoms with Crippen LogP contribution in [-0.4, -0.2) is 10.2 Å². The number of aromatic hydroxyl groups is 2. The van der Waals surface area contributed by atoms with Crippen LogP contribution in [0, 0.1) is 25.6 Å². The van der Waals surface area contributed by atoms with Crippen molar-refractivity contribution in [3.63, 3.8) is 0 Å². The van der Waals surface area contributed by atoms with Gasteiger partial charge in [0.25, 0.3) is 0 Å². The molecule has 0 aromatic heterocycles. The monoisotopic (exact) mass is 743 g/mol. The molecule has 0 bridgehead atoms. The van der Waals surface area contributed by atoms with E-state index in [1.54, 1.807) is 12.1 Å². The number of benzene rings is 2. The van der Waals surface area contributed by atoms with E-state index in [0.29, 0.717) is 25.8 Å². The van der Waals surface area contributed by atoms with Gasteiger partial charge in [-0.1, -0.05) is 0 Å². The van der Waals surface area contributed by atoms with Gasteiger partial charge in [-0.25, -0.2) is 0 Å². The van der Waals surface area contributed by atoms with Gasteiger partial charge in [-0.2, -0.15) is 5.26 Å². The Bertz CT molecular complexity index is 797. The summed E-state index contributed by atoms with van der Waals surface area (Å²) in [5, 5.41) is 29.9. The first kappa shape index (κ1) is 17.1. The van der Waals surface area contributed by atoms with Crippen LogP contribution in [0.3, 0.4) is 0 Å². The number of ether oxygens (including phenoxy) is 1. The summed E-state index contributed by atoms with van der Waals surface area (Å²) in [6.45, 7) is 0. The van der Waals surface area contributed by atoms with Crippen molar-refractivity contribution in [3.8, 4) is 29.1 Å². The summed E-state index contributed by atoms with van der Waals surface area (Å²) < 4.78 is 8.44. The summed E-state index contributed by atoms with van der Waals surface area (Å²) in [6, 6.07) is 5.86. The van der Waals surface area contributed by atoms with Crippen LogP contribution in [-0.2, 0) is 0 Å². The SMILES string of the molecule is N#CC1c2cc(I)c(O)c(I)c2Oc2c1cc(I)c(O)c2I. The molecule has 2 aromatic rings. The highest BCUT2D eigenvalue weighted by molar-refractivity contribution is 14.1. The molecule has 1 aliphatic heterocycles. The van der Waals surface area contributed by atoms with E-state index >= 15 is 0 Å². The molecule has 0 unspecified atom stereocenters. The van der Waals surface area contributed by atoms with Gasteiger partial charge in [0.05, 0.1) is 20.3 Å². The van der Waals surface area contributed by atoms with Crippen LogP contribution in [0.2, 0.25) is 0 Å². The lowest BCUT2D eigenvalue weighted by Crippen LogP contribution is -2.12. The predicted octanol–water partition coefficient (Wildman–Crippen LogP) is 5.28. The second kappa shape index (κ2) is 6.28. The quantitative estimate of drug-likeness (QED) is 0.361. The molecule has 0 radical (unpaired) electrons. The van der Waals surface area contributed by atoms with Crippen molar-refractivity contribution in [2.24, 2.45) is 0 Å². The lowest BCUT2D eigenvalue weighted by Gasteiger charge is -2.27. The molecule has 0 saturated carbocycles. The highest BCUT2D eigenvalue weighted by Crippen LogP contribution is 2.52. The summed E-state index contributed by atoms with van der Waals surface area (Å²) in [4.78, 5) is 0. The van der Waals surface area contributed by atoms with Gasteiger partial charge in [0, 0.05) is 11.1 Å². The van der Waals surface area contributed by atoms with Gasteiger partial charge in [-0.15, -0.1) is 0 Å². The Balaban J connectivity index is 2.35. The molecule has 8 heteroatoms. The Morgan fingerprint density at radius 3 is 1.68 bits per heavy atom. The molecule has 0 aliphatic carbocycles. The Kier molecular flexibility index (Phi) is 4.88. The van der Waals surface area contributed by atoms with Crippen LogP contribution in [0.5, 0.6) is 23.0 Å². The zero-order valence-electron chi connectivity index (χ0n) is 10.5. The minimum Gasteiger partial charge on any atom is -0.506 e. The van der Waals surface area contributed by atoms with Crippen LogP contribution in [0.15, 0.2) is 12.1 Å². The molecule has 0 atom stereocenters. The van der Waals surface area contributed by atoms with Gasteiger partial charge in [-0.3, -0.25) is 0 Å². The smallest absolute Gasteiger partial charge is 0.149 e. The number of rotatable bonds is 0. The van der Waals surface area contributed by atoms with Crippen LogP contribution in [0.4, 0.5) is 0 Å². The fourth-order valence-corrected chi connectivity index (χ4v) is 5.93. The molecule has 0 amide bonds. The van der Waals surface area contributed by atoms with Crippen molar-refractivity contribution in [2.75, 3.05) is 0 Å². The molecule has 1 aliphatic rings. The van der Waals surface area contributed by atoms with Gasteiger partial charge in [0.15, 0.2) is 0 Å². The van der Waals surface area contributed by atoms with Crippen LogP contribution in [0.1, 0.15) is 17.0 Å². The standard InChI is InChI=1S/C14H5I4NO3/c15-7-1-4-6(3-19)5-2-8(16)12(21)10(18)14(5)22-13(4)9(17)11(7)20/h1-2,6,20-21H. The predicted molar refractivity (Wildman–Crippen MR) is 115 cm³/mol. The Hall–Kier alpha value is 0.250. The van der Waals surface area contributed by atoms with Crippen molar-refractivity contribution in [3.05, 3.63) is 37.5 Å². The van der Waals surface area contributed by atoms with Gasteiger partial charge >= 0.3 is 0 Å². The Labute approximate surface area is 180 Å². The molecular formula is C14H5I4NO3. The normalized spacial score (nSPS) is 13.0. The van der Waals surface area contributed by atoms with E-state index in [1.807, 2.05) is 90.4 Å². The number of hydrogen-bond donors (Lipinski definition) is 2. The fraction of sp³-hybridized carbons (Fsp3) is 0.0714. The number of halogens is 4. The summed E-state index contributed by atoms with van der Waals surface area (Å²) in [5.41, 5.74) is 1.47. The summed E-state index contributed by atoms with van der Waals surface area (Å²) in [7, 11) is 0. The molecule has 2 N–H and O–H groups in total. The summed E-state index contributed by atoms with van der Waals surface area (Å²) in [6.07, 6.45) is 0. The zero-order chi connectivity index (χ0) is 16.2. The Morgan fingerprint density at radius 2 is 1.32 bits per heavy atom. The van der Waals surface area contributed by atoms with E-state index in [2.05, 4.69) is 6.07 Å². The summed E-state index contributed by atoms with van der Waals surface area (Å²) >= 11 is 8.10. The lowest BCUT2D eigenvalue weighted by molar-refractivity contribution is 0.418. The van der Waals surface area contributed by atoms with E-state index in [9.17, 15) is 15.5 Å². The van der Waals surface area contributed by atoms with Gasteiger partial charge in [0.1, 0.15) is 28.9 Å². The molecule has 22 heavy (non-hydrogen) atoms.